The predicted octanol–water partition coefficient (Wildman–Crippen LogP) is 4.67. The third-order valence-corrected chi connectivity index (χ3v) is 4.21. The molecule has 0 radical (unpaired) electrons. The Kier molecular flexibility index (Phi) is 4.10. The fourth-order valence-electron chi connectivity index (χ4n) is 1.81. The zero-order valence-electron chi connectivity index (χ0n) is 9.63. The summed E-state index contributed by atoms with van der Waals surface area (Å²) in [6.45, 7) is 2.08. The molecule has 1 N–H and O–H groups in total. The van der Waals surface area contributed by atoms with E-state index in [4.69, 9.17) is 23.2 Å². The van der Waals surface area contributed by atoms with E-state index < -0.39 is 0 Å². The molecule has 17 heavy (non-hydrogen) atoms. The summed E-state index contributed by atoms with van der Waals surface area (Å²) in [5.74, 6) is 0. The highest BCUT2D eigenvalue weighted by atomic mass is 35.5. The maximum absolute atomic E-state index is 6.19. The van der Waals surface area contributed by atoms with Crippen LogP contribution in [0.4, 0.5) is 0 Å². The third-order valence-electron chi connectivity index (χ3n) is 2.69. The lowest BCUT2D eigenvalue weighted by Gasteiger charge is -2.16. The number of hydrogen-bond donors (Lipinski definition) is 1. The van der Waals surface area contributed by atoms with Crippen LogP contribution < -0.4 is 5.32 Å². The van der Waals surface area contributed by atoms with Crippen LogP contribution in [0.25, 0.3) is 0 Å². The van der Waals surface area contributed by atoms with Gasteiger partial charge in [-0.25, -0.2) is 0 Å². The Morgan fingerprint density at radius 2 is 1.82 bits per heavy atom. The van der Waals surface area contributed by atoms with Gasteiger partial charge in [0.05, 0.1) is 14.7 Å². The minimum atomic E-state index is 0.0897. The second kappa shape index (κ2) is 5.40. The Morgan fingerprint density at radius 1 is 1.18 bits per heavy atom. The van der Waals surface area contributed by atoms with Gasteiger partial charge in [0.2, 0.25) is 0 Å². The average molecular weight is 286 g/mol. The number of benzene rings is 1. The molecule has 0 aliphatic heterocycles. The lowest BCUT2D eigenvalue weighted by atomic mass is 10.0. The van der Waals surface area contributed by atoms with Crippen molar-refractivity contribution in [3.8, 4) is 0 Å². The molecule has 2 rings (SSSR count). The van der Waals surface area contributed by atoms with Gasteiger partial charge in [-0.1, -0.05) is 53.0 Å². The predicted molar refractivity (Wildman–Crippen MR) is 76.4 cm³/mol. The minimum Gasteiger partial charge on any atom is -0.309 e. The normalized spacial score (nSPS) is 12.7. The second-order valence-corrected chi connectivity index (χ2v) is 6.20. The summed E-state index contributed by atoms with van der Waals surface area (Å²) in [5, 5.41) is 3.27. The molecule has 0 aliphatic carbocycles. The topological polar surface area (TPSA) is 12.0 Å². The van der Waals surface area contributed by atoms with E-state index in [9.17, 15) is 0 Å². The summed E-state index contributed by atoms with van der Waals surface area (Å²) in [7, 11) is 1.92. The highest BCUT2D eigenvalue weighted by Crippen LogP contribution is 2.37. The molecule has 1 aromatic heterocycles. The summed E-state index contributed by atoms with van der Waals surface area (Å²) in [5.41, 5.74) is 3.47. The maximum atomic E-state index is 6.19. The average Bonchev–Trinajstić information content (AvgIpc) is 2.62. The molecule has 0 spiro atoms. The first-order chi connectivity index (χ1) is 8.11. The van der Waals surface area contributed by atoms with Crippen LogP contribution in [0.2, 0.25) is 8.67 Å². The Morgan fingerprint density at radius 3 is 2.29 bits per heavy atom. The molecular weight excluding hydrogens is 273 g/mol. The number of nitrogens with one attached hydrogen (secondary N) is 1. The number of thiophene rings is 1. The van der Waals surface area contributed by atoms with Crippen LogP contribution in [0.15, 0.2) is 30.3 Å². The van der Waals surface area contributed by atoms with Crippen molar-refractivity contribution in [3.05, 3.63) is 55.7 Å². The molecule has 1 atom stereocenters. The van der Waals surface area contributed by atoms with E-state index in [-0.39, 0.29) is 6.04 Å². The molecule has 0 saturated heterocycles. The van der Waals surface area contributed by atoms with Crippen LogP contribution >= 0.6 is 34.5 Å². The Balaban J connectivity index is 2.39. The first-order valence-corrected chi connectivity index (χ1v) is 6.87. The lowest BCUT2D eigenvalue weighted by Crippen LogP contribution is -2.17. The zero-order valence-corrected chi connectivity index (χ0v) is 12.0. The molecule has 0 saturated carbocycles. The quantitative estimate of drug-likeness (QED) is 0.864. The summed E-state index contributed by atoms with van der Waals surface area (Å²) in [4.78, 5) is 0. The fraction of sp³-hybridized carbons (Fsp3) is 0.231. The standard InChI is InChI=1S/C13H13Cl2NS/c1-8-3-5-9(6-4-8)12(16-2)10-7-11(14)17-13(10)15/h3-7,12,16H,1-2H3. The van der Waals surface area contributed by atoms with Crippen molar-refractivity contribution < 1.29 is 0 Å². The van der Waals surface area contributed by atoms with Gasteiger partial charge >= 0.3 is 0 Å². The number of aryl methyl sites for hydroxylation is 1. The van der Waals surface area contributed by atoms with Crippen LogP contribution in [-0.2, 0) is 0 Å². The SMILES string of the molecule is CNC(c1ccc(C)cc1)c1cc(Cl)sc1Cl. The molecule has 0 amide bonds. The van der Waals surface area contributed by atoms with E-state index in [2.05, 4.69) is 36.5 Å². The van der Waals surface area contributed by atoms with Crippen LogP contribution in [0.1, 0.15) is 22.7 Å². The van der Waals surface area contributed by atoms with E-state index in [1.165, 1.54) is 22.5 Å². The fourth-order valence-corrected chi connectivity index (χ4v) is 3.34. The zero-order chi connectivity index (χ0) is 12.4. The molecule has 1 nitrogen and oxygen atoms in total. The van der Waals surface area contributed by atoms with E-state index in [1.807, 2.05) is 13.1 Å². The van der Waals surface area contributed by atoms with Crippen molar-refractivity contribution in [1.82, 2.24) is 5.32 Å². The van der Waals surface area contributed by atoms with Crippen LogP contribution in [-0.4, -0.2) is 7.05 Å². The van der Waals surface area contributed by atoms with Crippen molar-refractivity contribution in [2.75, 3.05) is 7.05 Å². The monoisotopic (exact) mass is 285 g/mol. The van der Waals surface area contributed by atoms with Gasteiger partial charge in [0.25, 0.3) is 0 Å². The summed E-state index contributed by atoms with van der Waals surface area (Å²) in [6.07, 6.45) is 0. The van der Waals surface area contributed by atoms with E-state index >= 15 is 0 Å². The van der Waals surface area contributed by atoms with Gasteiger partial charge in [-0.05, 0) is 25.6 Å². The van der Waals surface area contributed by atoms with Crippen LogP contribution in [0.5, 0.6) is 0 Å². The van der Waals surface area contributed by atoms with Crippen LogP contribution in [0.3, 0.4) is 0 Å². The van der Waals surface area contributed by atoms with E-state index in [1.54, 1.807) is 0 Å². The number of halogens is 2. The van der Waals surface area contributed by atoms with Gasteiger partial charge in [0.15, 0.2) is 0 Å². The van der Waals surface area contributed by atoms with Gasteiger partial charge in [0.1, 0.15) is 0 Å². The first-order valence-electron chi connectivity index (χ1n) is 5.30. The molecule has 1 unspecified atom stereocenters. The van der Waals surface area contributed by atoms with Crippen molar-refractivity contribution in [3.63, 3.8) is 0 Å². The molecule has 4 heteroatoms. The molecule has 1 heterocycles. The Labute approximate surface area is 115 Å². The molecule has 0 aliphatic rings. The highest BCUT2D eigenvalue weighted by Gasteiger charge is 2.17. The number of hydrogen-bond acceptors (Lipinski definition) is 2. The molecule has 2 aromatic rings. The molecular formula is C13H13Cl2NS. The smallest absolute Gasteiger partial charge is 0.0995 e. The molecule has 90 valence electrons. The highest BCUT2D eigenvalue weighted by molar-refractivity contribution is 7.20. The van der Waals surface area contributed by atoms with E-state index in [0.717, 1.165) is 14.2 Å². The van der Waals surface area contributed by atoms with Gasteiger partial charge in [0, 0.05) is 5.56 Å². The Hall–Kier alpha value is -0.540. The second-order valence-electron chi connectivity index (χ2n) is 3.91. The molecule has 0 fully saturated rings. The van der Waals surface area contributed by atoms with Crippen molar-refractivity contribution in [2.24, 2.45) is 0 Å². The summed E-state index contributed by atoms with van der Waals surface area (Å²) >= 11 is 13.6. The lowest BCUT2D eigenvalue weighted by molar-refractivity contribution is 0.694. The minimum absolute atomic E-state index is 0.0897. The Bertz CT molecular complexity index is 505. The molecule has 0 bridgehead atoms. The van der Waals surface area contributed by atoms with Gasteiger partial charge in [-0.15, -0.1) is 11.3 Å². The van der Waals surface area contributed by atoms with Crippen molar-refractivity contribution >= 4 is 34.5 Å². The third kappa shape index (κ3) is 2.83. The van der Waals surface area contributed by atoms with E-state index in [0.29, 0.717) is 0 Å². The van der Waals surface area contributed by atoms with Crippen molar-refractivity contribution in [1.29, 1.82) is 0 Å². The van der Waals surface area contributed by atoms with Gasteiger partial charge < -0.3 is 5.32 Å². The van der Waals surface area contributed by atoms with Gasteiger partial charge in [-0.2, -0.15) is 0 Å². The summed E-state index contributed by atoms with van der Waals surface area (Å²) in [6, 6.07) is 10.4. The number of rotatable bonds is 3. The van der Waals surface area contributed by atoms with Crippen molar-refractivity contribution in [2.45, 2.75) is 13.0 Å². The first kappa shape index (κ1) is 12.9. The summed E-state index contributed by atoms with van der Waals surface area (Å²) < 4.78 is 1.47. The molecule has 1 aromatic carbocycles. The van der Waals surface area contributed by atoms with Crippen LogP contribution in [0, 0.1) is 6.92 Å². The maximum Gasteiger partial charge on any atom is 0.0995 e. The van der Waals surface area contributed by atoms with Gasteiger partial charge in [-0.3, -0.25) is 0 Å². The largest absolute Gasteiger partial charge is 0.309 e.